The maximum Gasteiger partial charge on any atom is 0.267 e. The maximum absolute atomic E-state index is 12.5. The van der Waals surface area contributed by atoms with Gasteiger partial charge < -0.3 is 10.4 Å². The number of aliphatic hydroxyl groups is 1. The summed E-state index contributed by atoms with van der Waals surface area (Å²) in [6.07, 6.45) is 46.0. The number of rotatable bonds is 38. The molecule has 0 radical (unpaired) electrons. The molecule has 0 aromatic heterocycles. The Morgan fingerprint density at radius 2 is 0.878 bits per heavy atom. The lowest BCUT2D eigenvalue weighted by atomic mass is 10.0. The van der Waals surface area contributed by atoms with Gasteiger partial charge in [0.15, 0.2) is 0 Å². The largest absolute Gasteiger partial charge is 0.387 e. The monoisotopic (exact) mass is 712 g/mol. The van der Waals surface area contributed by atoms with E-state index in [2.05, 4.69) is 31.3 Å². The quantitative estimate of drug-likeness (QED) is 0.0336. The molecule has 0 bridgehead atoms. The summed E-state index contributed by atoms with van der Waals surface area (Å²) in [5.41, 5.74) is 0. The highest BCUT2D eigenvalue weighted by atomic mass is 32.2. The number of carbonyl (C=O) groups is 1. The summed E-state index contributed by atoms with van der Waals surface area (Å²) in [5, 5.41) is 13.2. The van der Waals surface area contributed by atoms with E-state index in [0.29, 0.717) is 6.42 Å². The van der Waals surface area contributed by atoms with Gasteiger partial charge in [-0.3, -0.25) is 9.35 Å². The van der Waals surface area contributed by atoms with Gasteiger partial charge in [-0.25, -0.2) is 0 Å². The van der Waals surface area contributed by atoms with Crippen molar-refractivity contribution in [3.05, 3.63) is 24.3 Å². The number of nitrogens with one attached hydrogen (secondary N) is 1. The van der Waals surface area contributed by atoms with E-state index in [4.69, 9.17) is 0 Å². The summed E-state index contributed by atoms with van der Waals surface area (Å²) < 4.78 is 32.4. The lowest BCUT2D eigenvalue weighted by Gasteiger charge is -2.21. The summed E-state index contributed by atoms with van der Waals surface area (Å²) in [6, 6.07) is -1.07. The van der Waals surface area contributed by atoms with Crippen molar-refractivity contribution < 1.29 is 22.9 Å². The third-order valence-electron chi connectivity index (χ3n) is 9.63. The first kappa shape index (κ1) is 47.8. The average Bonchev–Trinajstić information content (AvgIpc) is 3.06. The third-order valence-corrected chi connectivity index (χ3v) is 10.4. The van der Waals surface area contributed by atoms with Crippen molar-refractivity contribution >= 4 is 16.0 Å². The molecule has 290 valence electrons. The number of amides is 1. The minimum absolute atomic E-state index is 0.285. The average molecular weight is 712 g/mol. The Bertz CT molecular complexity index is 872. The van der Waals surface area contributed by atoms with E-state index in [1.807, 2.05) is 6.08 Å². The Labute approximate surface area is 304 Å². The van der Waals surface area contributed by atoms with E-state index in [-0.39, 0.29) is 5.91 Å². The molecule has 49 heavy (non-hydrogen) atoms. The Morgan fingerprint density at radius 1 is 0.531 bits per heavy atom. The van der Waals surface area contributed by atoms with Crippen LogP contribution in [0.4, 0.5) is 0 Å². The molecule has 0 fully saturated rings. The van der Waals surface area contributed by atoms with Crippen molar-refractivity contribution in [3.8, 4) is 0 Å². The molecule has 2 unspecified atom stereocenters. The van der Waals surface area contributed by atoms with Crippen molar-refractivity contribution in [2.24, 2.45) is 0 Å². The molecule has 7 heteroatoms. The summed E-state index contributed by atoms with van der Waals surface area (Å²) in [6.45, 7) is 4.52. The van der Waals surface area contributed by atoms with Crippen molar-refractivity contribution in [1.82, 2.24) is 5.32 Å². The van der Waals surface area contributed by atoms with Crippen LogP contribution < -0.4 is 5.32 Å². The Kier molecular flexibility index (Phi) is 35.7. The first-order valence-electron chi connectivity index (χ1n) is 21.0. The third kappa shape index (κ3) is 37.9. The standard InChI is InChI=1S/C42H81NO5S/c1-3-5-7-9-11-13-15-17-19-20-21-22-23-24-26-28-30-32-34-36-38-42(45)43-40(39-49(46,47)48)41(44)37-35-33-31-29-27-25-18-16-14-12-10-8-6-4-2/h27,29,35,37,40-41,44H,3-26,28,30-34,36,38-39H2,1-2H3,(H,43,45)(H,46,47,48)/b29-27+,37-35+. The summed E-state index contributed by atoms with van der Waals surface area (Å²) in [4.78, 5) is 12.5. The van der Waals surface area contributed by atoms with Crippen LogP contribution >= 0.6 is 0 Å². The zero-order chi connectivity index (χ0) is 36.1. The van der Waals surface area contributed by atoms with Crippen LogP contribution in [0, 0.1) is 0 Å². The van der Waals surface area contributed by atoms with Gasteiger partial charge in [0.1, 0.15) is 0 Å². The van der Waals surface area contributed by atoms with Crippen LogP contribution in [0.15, 0.2) is 24.3 Å². The predicted molar refractivity (Wildman–Crippen MR) is 212 cm³/mol. The number of hydrogen-bond donors (Lipinski definition) is 3. The number of aliphatic hydroxyl groups excluding tert-OH is 1. The van der Waals surface area contributed by atoms with E-state index >= 15 is 0 Å². The van der Waals surface area contributed by atoms with E-state index in [1.165, 1.54) is 167 Å². The second-order valence-electron chi connectivity index (χ2n) is 14.6. The molecule has 0 heterocycles. The molecule has 2 atom stereocenters. The van der Waals surface area contributed by atoms with Crippen molar-refractivity contribution in [3.63, 3.8) is 0 Å². The molecule has 0 aliphatic heterocycles. The highest BCUT2D eigenvalue weighted by Gasteiger charge is 2.24. The van der Waals surface area contributed by atoms with Gasteiger partial charge >= 0.3 is 0 Å². The van der Waals surface area contributed by atoms with Gasteiger partial charge in [-0.1, -0.05) is 205 Å². The van der Waals surface area contributed by atoms with Crippen LogP contribution in [-0.4, -0.2) is 41.9 Å². The van der Waals surface area contributed by atoms with Gasteiger partial charge in [0.05, 0.1) is 17.9 Å². The zero-order valence-corrected chi connectivity index (χ0v) is 33.1. The normalized spacial score (nSPS) is 13.5. The van der Waals surface area contributed by atoms with Crippen molar-refractivity contribution in [2.75, 3.05) is 5.75 Å². The zero-order valence-electron chi connectivity index (χ0n) is 32.3. The van der Waals surface area contributed by atoms with E-state index in [9.17, 15) is 22.9 Å². The molecule has 0 spiro atoms. The van der Waals surface area contributed by atoms with Crippen molar-refractivity contribution in [1.29, 1.82) is 0 Å². The molecular formula is C42H81NO5S. The smallest absolute Gasteiger partial charge is 0.267 e. The number of hydrogen-bond acceptors (Lipinski definition) is 4. The molecule has 1 amide bonds. The predicted octanol–water partition coefficient (Wildman–Crippen LogP) is 12.4. The molecule has 0 saturated carbocycles. The maximum atomic E-state index is 12.5. The van der Waals surface area contributed by atoms with Gasteiger partial charge in [-0.2, -0.15) is 8.42 Å². The van der Waals surface area contributed by atoms with Gasteiger partial charge in [0, 0.05) is 6.42 Å². The Balaban J connectivity index is 3.88. The molecule has 0 aliphatic rings. The Hall–Kier alpha value is -1.18. The fourth-order valence-electron chi connectivity index (χ4n) is 6.47. The van der Waals surface area contributed by atoms with Gasteiger partial charge in [0.2, 0.25) is 5.91 Å². The molecule has 0 rings (SSSR count). The highest BCUT2D eigenvalue weighted by Crippen LogP contribution is 2.15. The van der Waals surface area contributed by atoms with Crippen molar-refractivity contribution in [2.45, 2.75) is 231 Å². The van der Waals surface area contributed by atoms with Gasteiger partial charge in [-0.05, 0) is 32.1 Å². The minimum atomic E-state index is -4.35. The molecule has 0 aliphatic carbocycles. The Morgan fingerprint density at radius 3 is 1.29 bits per heavy atom. The molecule has 6 nitrogen and oxygen atoms in total. The topological polar surface area (TPSA) is 104 Å². The van der Waals surface area contributed by atoms with E-state index in [1.54, 1.807) is 0 Å². The SMILES string of the molecule is CCCCCCCCCC/C=C/CC/C=C/C(O)C(CS(=O)(=O)O)NC(=O)CCCCCCCCCCCCCCCCCCCCCC. The lowest BCUT2D eigenvalue weighted by molar-refractivity contribution is -0.122. The number of allylic oxidation sites excluding steroid dienone is 3. The summed E-state index contributed by atoms with van der Waals surface area (Å²) in [7, 11) is -4.35. The first-order chi connectivity index (χ1) is 23.8. The van der Waals surface area contributed by atoms with Crippen LogP contribution in [0.2, 0.25) is 0 Å². The van der Waals surface area contributed by atoms with Crippen LogP contribution in [0.5, 0.6) is 0 Å². The molecule has 0 saturated heterocycles. The van der Waals surface area contributed by atoms with E-state index < -0.39 is 28.0 Å². The second kappa shape index (κ2) is 36.6. The first-order valence-corrected chi connectivity index (χ1v) is 22.6. The molecule has 3 N–H and O–H groups in total. The molecule has 0 aromatic rings. The summed E-state index contributed by atoms with van der Waals surface area (Å²) >= 11 is 0. The number of carbonyl (C=O) groups excluding carboxylic acids is 1. The molecular weight excluding hydrogens is 631 g/mol. The van der Waals surface area contributed by atoms with Gasteiger partial charge in [-0.15, -0.1) is 0 Å². The minimum Gasteiger partial charge on any atom is -0.387 e. The van der Waals surface area contributed by atoms with Crippen LogP contribution in [0.3, 0.4) is 0 Å². The fourth-order valence-corrected chi connectivity index (χ4v) is 7.20. The van der Waals surface area contributed by atoms with Crippen LogP contribution in [0.1, 0.15) is 219 Å². The fraction of sp³-hybridized carbons (Fsp3) is 0.881. The highest BCUT2D eigenvalue weighted by molar-refractivity contribution is 7.85. The van der Waals surface area contributed by atoms with Gasteiger partial charge in [0.25, 0.3) is 10.1 Å². The lowest BCUT2D eigenvalue weighted by Crippen LogP contribution is -2.46. The second-order valence-corrected chi connectivity index (χ2v) is 16.1. The summed E-state index contributed by atoms with van der Waals surface area (Å²) in [5.74, 6) is -0.991. The number of unbranched alkanes of at least 4 members (excludes halogenated alkanes) is 28. The van der Waals surface area contributed by atoms with Crippen LogP contribution in [-0.2, 0) is 14.9 Å². The molecule has 0 aromatic carbocycles. The van der Waals surface area contributed by atoms with E-state index in [0.717, 1.165) is 38.5 Å². The van der Waals surface area contributed by atoms with Crippen LogP contribution in [0.25, 0.3) is 0 Å².